The van der Waals surface area contributed by atoms with E-state index in [9.17, 15) is 22.7 Å². The van der Waals surface area contributed by atoms with Crippen LogP contribution < -0.4 is 0 Å². The van der Waals surface area contributed by atoms with Gasteiger partial charge in [-0.15, -0.1) is 0 Å². The molecule has 0 atom stereocenters. The third-order valence-corrected chi connectivity index (χ3v) is 7.21. The molecule has 0 saturated heterocycles. The number of sulfone groups is 1. The van der Waals surface area contributed by atoms with E-state index in [4.69, 9.17) is 0 Å². The van der Waals surface area contributed by atoms with Crippen LogP contribution in [0.1, 0.15) is 43.0 Å². The summed E-state index contributed by atoms with van der Waals surface area (Å²) in [6.45, 7) is 3.65. The molecule has 0 radical (unpaired) electrons. The van der Waals surface area contributed by atoms with E-state index in [1.165, 1.54) is 12.1 Å². The number of aliphatic carboxylic acids is 1. The summed E-state index contributed by atoms with van der Waals surface area (Å²) in [6.07, 6.45) is 2.94. The molecule has 7 heteroatoms. The van der Waals surface area contributed by atoms with E-state index in [0.717, 1.165) is 29.7 Å². The van der Waals surface area contributed by atoms with Crippen molar-refractivity contribution < 1.29 is 22.7 Å². The number of carbonyl (C=O) groups is 1. The molecule has 0 aliphatic carbocycles. The van der Waals surface area contributed by atoms with E-state index in [1.807, 2.05) is 13.8 Å². The molecule has 0 spiro atoms. The lowest BCUT2D eigenvalue weighted by atomic mass is 10.0. The molecule has 3 aromatic rings. The topological polar surface area (TPSA) is 76.4 Å². The van der Waals surface area contributed by atoms with Crippen molar-refractivity contribution in [3.05, 3.63) is 65.1 Å². The van der Waals surface area contributed by atoms with Crippen molar-refractivity contribution in [2.24, 2.45) is 0 Å². The Labute approximate surface area is 176 Å². The molecule has 5 nitrogen and oxygen atoms in total. The summed E-state index contributed by atoms with van der Waals surface area (Å²) in [5.74, 6) is -1.21. The standard InChI is InChI=1S/C23H26FNO4S/c1-3-4-5-12-30(28,29)19-9-6-17(7-10-19)13-20-16(2)25(15-23(26)27)22-11-8-18(24)14-21(20)22/h6-11,14H,3-5,12-13,15H2,1-2H3,(H,26,27). The molecule has 1 N–H and O–H groups in total. The Hall–Kier alpha value is -2.67. The van der Waals surface area contributed by atoms with Gasteiger partial charge in [-0.05, 0) is 61.2 Å². The van der Waals surface area contributed by atoms with Gasteiger partial charge < -0.3 is 9.67 Å². The first-order chi connectivity index (χ1) is 14.2. The number of hydrogen-bond donors (Lipinski definition) is 1. The fourth-order valence-electron chi connectivity index (χ4n) is 3.76. The van der Waals surface area contributed by atoms with Crippen molar-refractivity contribution in [3.8, 4) is 0 Å². The highest BCUT2D eigenvalue weighted by molar-refractivity contribution is 7.91. The zero-order chi connectivity index (χ0) is 21.9. The smallest absolute Gasteiger partial charge is 0.323 e. The first-order valence-corrected chi connectivity index (χ1v) is 11.7. The number of benzene rings is 2. The predicted molar refractivity (Wildman–Crippen MR) is 115 cm³/mol. The second-order valence-corrected chi connectivity index (χ2v) is 9.66. The molecule has 0 bridgehead atoms. The Kier molecular flexibility index (Phi) is 6.61. The lowest BCUT2D eigenvalue weighted by Crippen LogP contribution is -2.10. The second-order valence-electron chi connectivity index (χ2n) is 7.55. The Balaban J connectivity index is 1.92. The molecule has 0 saturated carbocycles. The molecule has 0 amide bonds. The summed E-state index contributed by atoms with van der Waals surface area (Å²) >= 11 is 0. The van der Waals surface area contributed by atoms with Crippen LogP contribution in [0.2, 0.25) is 0 Å². The van der Waals surface area contributed by atoms with Crippen LogP contribution in [-0.2, 0) is 27.6 Å². The average Bonchev–Trinajstić information content (AvgIpc) is 2.93. The van der Waals surface area contributed by atoms with E-state index < -0.39 is 15.8 Å². The summed E-state index contributed by atoms with van der Waals surface area (Å²) in [5.41, 5.74) is 3.14. The molecule has 1 aromatic heterocycles. The van der Waals surface area contributed by atoms with Gasteiger partial charge in [0.1, 0.15) is 12.4 Å². The number of aromatic nitrogens is 1. The number of halogens is 1. The monoisotopic (exact) mass is 431 g/mol. The van der Waals surface area contributed by atoms with Gasteiger partial charge in [-0.25, -0.2) is 12.8 Å². The summed E-state index contributed by atoms with van der Waals surface area (Å²) in [6, 6.07) is 11.1. The van der Waals surface area contributed by atoms with Gasteiger partial charge in [-0.2, -0.15) is 0 Å². The van der Waals surface area contributed by atoms with Crippen LogP contribution in [0.5, 0.6) is 0 Å². The predicted octanol–water partition coefficient (Wildman–Crippen LogP) is 4.73. The van der Waals surface area contributed by atoms with Crippen molar-refractivity contribution in [1.82, 2.24) is 4.57 Å². The normalized spacial score (nSPS) is 11.8. The minimum atomic E-state index is -3.30. The van der Waals surface area contributed by atoms with Gasteiger partial charge in [-0.1, -0.05) is 31.9 Å². The molecule has 160 valence electrons. The molecular formula is C23H26FNO4S. The molecule has 30 heavy (non-hydrogen) atoms. The number of fused-ring (bicyclic) bond motifs is 1. The zero-order valence-corrected chi connectivity index (χ0v) is 18.0. The fraction of sp³-hybridized carbons (Fsp3) is 0.348. The molecule has 3 rings (SSSR count). The fourth-order valence-corrected chi connectivity index (χ4v) is 5.14. The van der Waals surface area contributed by atoms with Crippen LogP contribution in [-0.4, -0.2) is 29.8 Å². The Morgan fingerprint density at radius 3 is 2.43 bits per heavy atom. The first kappa shape index (κ1) is 22.0. The number of rotatable bonds is 9. The average molecular weight is 432 g/mol. The number of carboxylic acids is 1. The third kappa shape index (κ3) is 4.73. The zero-order valence-electron chi connectivity index (χ0n) is 17.2. The Bertz CT molecular complexity index is 1160. The maximum atomic E-state index is 13.9. The third-order valence-electron chi connectivity index (χ3n) is 5.39. The number of nitrogens with zero attached hydrogens (tertiary/aromatic N) is 1. The molecule has 0 aliphatic heterocycles. The summed E-state index contributed by atoms with van der Waals surface area (Å²) in [5, 5.41) is 9.91. The van der Waals surface area contributed by atoms with Crippen molar-refractivity contribution in [3.63, 3.8) is 0 Å². The summed E-state index contributed by atoms with van der Waals surface area (Å²) < 4.78 is 40.4. The quantitative estimate of drug-likeness (QED) is 0.497. The van der Waals surface area contributed by atoms with Gasteiger partial charge in [0.2, 0.25) is 0 Å². The first-order valence-electron chi connectivity index (χ1n) is 10.0. The van der Waals surface area contributed by atoms with Gasteiger partial charge in [0.05, 0.1) is 10.6 Å². The highest BCUT2D eigenvalue weighted by atomic mass is 32.2. The van der Waals surface area contributed by atoms with Gasteiger partial charge in [0.15, 0.2) is 9.84 Å². The second kappa shape index (κ2) is 9.00. The van der Waals surface area contributed by atoms with Crippen LogP contribution in [0.4, 0.5) is 4.39 Å². The maximum Gasteiger partial charge on any atom is 0.323 e. The molecule has 2 aromatic carbocycles. The Morgan fingerprint density at radius 1 is 1.10 bits per heavy atom. The minimum absolute atomic E-state index is 0.140. The number of hydrogen-bond acceptors (Lipinski definition) is 3. The Morgan fingerprint density at radius 2 is 1.80 bits per heavy atom. The van der Waals surface area contributed by atoms with E-state index in [-0.39, 0.29) is 18.1 Å². The van der Waals surface area contributed by atoms with Crippen molar-refractivity contribution in [1.29, 1.82) is 0 Å². The number of unbranched alkanes of at least 4 members (excludes halogenated alkanes) is 2. The van der Waals surface area contributed by atoms with Gasteiger partial charge in [-0.3, -0.25) is 4.79 Å². The summed E-state index contributed by atoms with van der Waals surface area (Å²) in [7, 11) is -3.30. The lowest BCUT2D eigenvalue weighted by molar-refractivity contribution is -0.137. The highest BCUT2D eigenvalue weighted by Crippen LogP contribution is 2.29. The van der Waals surface area contributed by atoms with E-state index in [2.05, 4.69) is 0 Å². The lowest BCUT2D eigenvalue weighted by Gasteiger charge is -2.08. The van der Waals surface area contributed by atoms with E-state index >= 15 is 0 Å². The molecule has 1 heterocycles. The van der Waals surface area contributed by atoms with Crippen molar-refractivity contribution in [2.45, 2.75) is 51.0 Å². The van der Waals surface area contributed by atoms with Crippen molar-refractivity contribution >= 4 is 26.7 Å². The number of carboxylic acid groups (broad SMARTS) is 1. The SMILES string of the molecule is CCCCCS(=O)(=O)c1ccc(Cc2c(C)n(CC(=O)O)c3ccc(F)cc23)cc1. The van der Waals surface area contributed by atoms with Crippen LogP contribution in [0.3, 0.4) is 0 Å². The summed E-state index contributed by atoms with van der Waals surface area (Å²) in [4.78, 5) is 11.6. The van der Waals surface area contributed by atoms with Crippen LogP contribution in [0, 0.1) is 12.7 Å². The molecule has 0 aliphatic rings. The van der Waals surface area contributed by atoms with Crippen LogP contribution in [0.25, 0.3) is 10.9 Å². The van der Waals surface area contributed by atoms with Crippen molar-refractivity contribution in [2.75, 3.05) is 5.75 Å². The molecule has 0 unspecified atom stereocenters. The minimum Gasteiger partial charge on any atom is -0.480 e. The van der Waals surface area contributed by atoms with E-state index in [1.54, 1.807) is 34.9 Å². The maximum absolute atomic E-state index is 13.9. The largest absolute Gasteiger partial charge is 0.480 e. The van der Waals surface area contributed by atoms with Gasteiger partial charge in [0, 0.05) is 16.6 Å². The highest BCUT2D eigenvalue weighted by Gasteiger charge is 2.18. The van der Waals surface area contributed by atoms with E-state index in [0.29, 0.717) is 28.6 Å². The van der Waals surface area contributed by atoms with Gasteiger partial charge >= 0.3 is 5.97 Å². The molecule has 0 fully saturated rings. The van der Waals surface area contributed by atoms with Gasteiger partial charge in [0.25, 0.3) is 0 Å². The van der Waals surface area contributed by atoms with Crippen LogP contribution >= 0.6 is 0 Å². The molecular weight excluding hydrogens is 405 g/mol. The van der Waals surface area contributed by atoms with Crippen LogP contribution in [0.15, 0.2) is 47.4 Å².